The average Bonchev–Trinajstić information content (AvgIpc) is 2.77. The van der Waals surface area contributed by atoms with Crippen molar-refractivity contribution < 1.29 is 4.74 Å². The predicted octanol–water partition coefficient (Wildman–Crippen LogP) is -0.282. The summed E-state index contributed by atoms with van der Waals surface area (Å²) in [5, 5.41) is 7.52. The van der Waals surface area contributed by atoms with Gasteiger partial charge in [0.2, 0.25) is 0 Å². The van der Waals surface area contributed by atoms with Crippen molar-refractivity contribution >= 4 is 0 Å². The molecular weight excluding hydrogens is 218 g/mol. The van der Waals surface area contributed by atoms with Crippen molar-refractivity contribution in [2.24, 2.45) is 0 Å². The van der Waals surface area contributed by atoms with E-state index in [0.29, 0.717) is 0 Å². The summed E-state index contributed by atoms with van der Waals surface area (Å²) in [7, 11) is 2.13. The van der Waals surface area contributed by atoms with Gasteiger partial charge in [-0.3, -0.25) is 0 Å². The number of aromatic nitrogens is 3. The second-order valence-corrected chi connectivity index (χ2v) is 4.38. The van der Waals surface area contributed by atoms with Gasteiger partial charge in [0.1, 0.15) is 12.2 Å². The fraction of sp³-hybridized carbons (Fsp3) is 0.818. The van der Waals surface area contributed by atoms with Gasteiger partial charge in [0, 0.05) is 26.2 Å². The van der Waals surface area contributed by atoms with Crippen LogP contribution in [0.15, 0.2) is 6.33 Å². The first-order chi connectivity index (χ1) is 8.29. The van der Waals surface area contributed by atoms with Crippen LogP contribution in [0.3, 0.4) is 0 Å². The summed E-state index contributed by atoms with van der Waals surface area (Å²) in [6, 6.07) is 0. The molecule has 1 atom stereocenters. The predicted molar refractivity (Wildman–Crippen MR) is 64.6 cm³/mol. The molecule has 0 bridgehead atoms. The van der Waals surface area contributed by atoms with Crippen LogP contribution in [-0.2, 0) is 17.8 Å². The molecule has 2 rings (SSSR count). The maximum absolute atomic E-state index is 5.68. The standard InChI is InChI=1S/C11H21N5O/c1-3-16-11(13-9-14-16)7-12-6-10-8-15(2)4-5-17-10/h9-10,12H,3-8H2,1-2H3. The van der Waals surface area contributed by atoms with Gasteiger partial charge in [0.25, 0.3) is 0 Å². The molecule has 0 saturated carbocycles. The van der Waals surface area contributed by atoms with Crippen LogP contribution in [0, 0.1) is 0 Å². The molecule has 1 aliphatic heterocycles. The summed E-state index contributed by atoms with van der Waals surface area (Å²) >= 11 is 0. The van der Waals surface area contributed by atoms with Crippen LogP contribution in [0.25, 0.3) is 0 Å². The molecule has 1 N–H and O–H groups in total. The Hall–Kier alpha value is -0.980. The van der Waals surface area contributed by atoms with Gasteiger partial charge in [-0.1, -0.05) is 0 Å². The van der Waals surface area contributed by atoms with Crippen molar-refractivity contribution in [2.75, 3.05) is 33.3 Å². The third-order valence-electron chi connectivity index (χ3n) is 2.99. The summed E-state index contributed by atoms with van der Waals surface area (Å²) in [4.78, 5) is 6.52. The number of nitrogens with one attached hydrogen (secondary N) is 1. The van der Waals surface area contributed by atoms with Crippen molar-refractivity contribution in [3.8, 4) is 0 Å². The third kappa shape index (κ3) is 3.49. The molecule has 0 spiro atoms. The van der Waals surface area contributed by atoms with Crippen LogP contribution in [0.5, 0.6) is 0 Å². The Bertz CT molecular complexity index is 340. The Balaban J connectivity index is 1.72. The minimum absolute atomic E-state index is 0.284. The molecule has 96 valence electrons. The number of nitrogens with zero attached hydrogens (tertiary/aromatic N) is 4. The van der Waals surface area contributed by atoms with E-state index in [0.717, 1.165) is 45.2 Å². The first kappa shape index (κ1) is 12.5. The number of hydrogen-bond acceptors (Lipinski definition) is 5. The van der Waals surface area contributed by atoms with Gasteiger partial charge in [-0.15, -0.1) is 0 Å². The summed E-state index contributed by atoms with van der Waals surface area (Å²) in [6.45, 7) is 7.39. The summed E-state index contributed by atoms with van der Waals surface area (Å²) in [5.41, 5.74) is 0. The Morgan fingerprint density at radius 2 is 2.47 bits per heavy atom. The lowest BCUT2D eigenvalue weighted by molar-refractivity contribution is -0.0183. The maximum Gasteiger partial charge on any atom is 0.140 e. The van der Waals surface area contributed by atoms with Crippen molar-refractivity contribution in [1.29, 1.82) is 0 Å². The highest BCUT2D eigenvalue weighted by molar-refractivity contribution is 4.84. The molecule has 0 radical (unpaired) electrons. The molecule has 2 heterocycles. The number of rotatable bonds is 5. The van der Waals surface area contributed by atoms with Crippen molar-refractivity contribution in [1.82, 2.24) is 25.0 Å². The van der Waals surface area contributed by atoms with Crippen molar-refractivity contribution in [3.05, 3.63) is 12.2 Å². The molecule has 0 aromatic carbocycles. The van der Waals surface area contributed by atoms with Crippen LogP contribution in [0.2, 0.25) is 0 Å². The highest BCUT2D eigenvalue weighted by Crippen LogP contribution is 2.02. The number of morpholine rings is 1. The molecule has 1 aliphatic rings. The van der Waals surface area contributed by atoms with Gasteiger partial charge in [0.05, 0.1) is 19.3 Å². The minimum Gasteiger partial charge on any atom is -0.374 e. The summed E-state index contributed by atoms with van der Waals surface area (Å²) < 4.78 is 7.58. The lowest BCUT2D eigenvalue weighted by atomic mass is 10.3. The van der Waals surface area contributed by atoms with Gasteiger partial charge in [-0.25, -0.2) is 9.67 Å². The van der Waals surface area contributed by atoms with Gasteiger partial charge in [-0.2, -0.15) is 5.10 Å². The van der Waals surface area contributed by atoms with Gasteiger partial charge >= 0.3 is 0 Å². The zero-order valence-electron chi connectivity index (χ0n) is 10.6. The Morgan fingerprint density at radius 1 is 1.59 bits per heavy atom. The van der Waals surface area contributed by atoms with E-state index in [9.17, 15) is 0 Å². The monoisotopic (exact) mass is 239 g/mol. The van der Waals surface area contributed by atoms with Crippen LogP contribution in [0.4, 0.5) is 0 Å². The Morgan fingerprint density at radius 3 is 3.24 bits per heavy atom. The largest absolute Gasteiger partial charge is 0.374 e. The lowest BCUT2D eigenvalue weighted by Crippen LogP contribution is -2.44. The Labute approximate surface area is 102 Å². The first-order valence-corrected chi connectivity index (χ1v) is 6.17. The smallest absolute Gasteiger partial charge is 0.140 e. The fourth-order valence-electron chi connectivity index (χ4n) is 2.02. The Kier molecular flexibility index (Phi) is 4.47. The van der Waals surface area contributed by atoms with E-state index in [4.69, 9.17) is 4.74 Å². The highest BCUT2D eigenvalue weighted by Gasteiger charge is 2.17. The van der Waals surface area contributed by atoms with E-state index in [1.807, 2.05) is 4.68 Å². The zero-order chi connectivity index (χ0) is 12.1. The number of ether oxygens (including phenoxy) is 1. The van der Waals surface area contributed by atoms with Crippen molar-refractivity contribution in [2.45, 2.75) is 26.1 Å². The van der Waals surface area contributed by atoms with E-state index >= 15 is 0 Å². The lowest BCUT2D eigenvalue weighted by Gasteiger charge is -2.30. The second kappa shape index (κ2) is 6.09. The fourth-order valence-corrected chi connectivity index (χ4v) is 2.02. The number of hydrogen-bond donors (Lipinski definition) is 1. The molecule has 6 nitrogen and oxygen atoms in total. The molecular formula is C11H21N5O. The summed E-state index contributed by atoms with van der Waals surface area (Å²) in [5.74, 6) is 0.983. The highest BCUT2D eigenvalue weighted by atomic mass is 16.5. The molecule has 1 unspecified atom stereocenters. The molecule has 6 heteroatoms. The van der Waals surface area contributed by atoms with Gasteiger partial charge in [0.15, 0.2) is 0 Å². The molecule has 0 aliphatic carbocycles. The SMILES string of the molecule is CCn1ncnc1CNCC1CN(C)CCO1. The van der Waals surface area contributed by atoms with E-state index < -0.39 is 0 Å². The second-order valence-electron chi connectivity index (χ2n) is 4.38. The van der Waals surface area contributed by atoms with E-state index in [1.165, 1.54) is 0 Å². The molecule has 1 saturated heterocycles. The van der Waals surface area contributed by atoms with Crippen molar-refractivity contribution in [3.63, 3.8) is 0 Å². The number of likely N-dealkylation sites (N-methyl/N-ethyl adjacent to an activating group) is 1. The third-order valence-corrected chi connectivity index (χ3v) is 2.99. The van der Waals surface area contributed by atoms with Crippen LogP contribution < -0.4 is 5.32 Å². The molecule has 17 heavy (non-hydrogen) atoms. The zero-order valence-corrected chi connectivity index (χ0v) is 10.6. The van der Waals surface area contributed by atoms with Gasteiger partial charge in [-0.05, 0) is 14.0 Å². The van der Waals surface area contributed by atoms with Gasteiger partial charge < -0.3 is 15.0 Å². The molecule has 1 fully saturated rings. The molecule has 0 amide bonds. The maximum atomic E-state index is 5.68. The van der Waals surface area contributed by atoms with E-state index in [1.54, 1.807) is 6.33 Å². The van der Waals surface area contributed by atoms with E-state index in [-0.39, 0.29) is 6.10 Å². The van der Waals surface area contributed by atoms with Crippen LogP contribution >= 0.6 is 0 Å². The first-order valence-electron chi connectivity index (χ1n) is 6.17. The van der Waals surface area contributed by atoms with Crippen LogP contribution in [-0.4, -0.2) is 59.1 Å². The summed E-state index contributed by atoms with van der Waals surface area (Å²) in [6.07, 6.45) is 1.89. The minimum atomic E-state index is 0.284. The van der Waals surface area contributed by atoms with E-state index in [2.05, 4.69) is 34.3 Å². The topological polar surface area (TPSA) is 55.2 Å². The van der Waals surface area contributed by atoms with Crippen LogP contribution in [0.1, 0.15) is 12.7 Å². The molecule has 1 aromatic rings. The quantitative estimate of drug-likeness (QED) is 0.766. The molecule has 1 aromatic heterocycles. The normalized spacial score (nSPS) is 21.9. The number of aryl methyl sites for hydroxylation is 1. The average molecular weight is 239 g/mol.